The van der Waals surface area contributed by atoms with Crippen LogP contribution in [-0.4, -0.2) is 27.0 Å². The Hall–Kier alpha value is -1.76. The quantitative estimate of drug-likeness (QED) is 0.584. The van der Waals surface area contributed by atoms with Crippen LogP contribution in [0, 0.1) is 5.92 Å². The van der Waals surface area contributed by atoms with Gasteiger partial charge in [0, 0.05) is 12.8 Å². The highest BCUT2D eigenvalue weighted by molar-refractivity contribution is 7.80. The molecule has 1 aliphatic heterocycles. The fourth-order valence-corrected chi connectivity index (χ4v) is 2.02. The Morgan fingerprint density at radius 1 is 1.53 bits per heavy atom. The molecular formula is C10H12N4O2S. The molecule has 3 N–H and O–H groups in total. The third-order valence-electron chi connectivity index (χ3n) is 2.65. The number of amides is 2. The van der Waals surface area contributed by atoms with Crippen LogP contribution in [0.5, 0.6) is 0 Å². The SMILES string of the molecule is CC1CC(=O)N(c2[nH]ncc2C(N)=S)C(=O)C1. The van der Waals surface area contributed by atoms with E-state index >= 15 is 0 Å². The highest BCUT2D eigenvalue weighted by Crippen LogP contribution is 2.25. The summed E-state index contributed by atoms with van der Waals surface area (Å²) in [6.45, 7) is 1.87. The van der Waals surface area contributed by atoms with Crippen LogP contribution in [0.3, 0.4) is 0 Å². The first-order valence-corrected chi connectivity index (χ1v) is 5.60. The molecule has 1 aromatic rings. The van der Waals surface area contributed by atoms with Gasteiger partial charge in [-0.3, -0.25) is 14.7 Å². The lowest BCUT2D eigenvalue weighted by atomic mass is 9.97. The summed E-state index contributed by atoms with van der Waals surface area (Å²) < 4.78 is 0. The molecule has 0 aromatic carbocycles. The number of carbonyl (C=O) groups is 2. The van der Waals surface area contributed by atoms with Crippen molar-refractivity contribution in [3.63, 3.8) is 0 Å². The van der Waals surface area contributed by atoms with Crippen molar-refractivity contribution < 1.29 is 9.59 Å². The number of hydrogen-bond acceptors (Lipinski definition) is 4. The zero-order valence-electron chi connectivity index (χ0n) is 9.27. The molecule has 0 bridgehead atoms. The van der Waals surface area contributed by atoms with Gasteiger partial charge in [-0.15, -0.1) is 0 Å². The predicted molar refractivity (Wildman–Crippen MR) is 65.4 cm³/mol. The Kier molecular flexibility index (Phi) is 2.93. The molecule has 0 aliphatic carbocycles. The maximum atomic E-state index is 11.9. The molecule has 2 heterocycles. The fraction of sp³-hybridized carbons (Fsp3) is 0.400. The van der Waals surface area contributed by atoms with Crippen LogP contribution in [0.1, 0.15) is 25.3 Å². The number of nitrogens with one attached hydrogen (secondary N) is 1. The van der Waals surface area contributed by atoms with Gasteiger partial charge in [-0.25, -0.2) is 4.90 Å². The van der Waals surface area contributed by atoms with E-state index in [4.69, 9.17) is 18.0 Å². The smallest absolute Gasteiger partial charge is 0.235 e. The van der Waals surface area contributed by atoms with Crippen molar-refractivity contribution in [1.82, 2.24) is 10.2 Å². The van der Waals surface area contributed by atoms with Crippen molar-refractivity contribution in [3.8, 4) is 0 Å². The maximum Gasteiger partial charge on any atom is 0.235 e. The second-order valence-corrected chi connectivity index (χ2v) is 4.57. The summed E-state index contributed by atoms with van der Waals surface area (Å²) in [5.41, 5.74) is 5.92. The molecule has 17 heavy (non-hydrogen) atoms. The number of imide groups is 1. The van der Waals surface area contributed by atoms with Gasteiger partial charge in [-0.2, -0.15) is 5.10 Å². The number of nitrogens with two attached hydrogens (primary N) is 1. The molecule has 0 spiro atoms. The molecule has 90 valence electrons. The number of carbonyl (C=O) groups excluding carboxylic acids is 2. The van der Waals surface area contributed by atoms with Crippen LogP contribution >= 0.6 is 12.2 Å². The third-order valence-corrected chi connectivity index (χ3v) is 2.87. The number of H-pyrrole nitrogens is 1. The summed E-state index contributed by atoms with van der Waals surface area (Å²) >= 11 is 4.84. The highest BCUT2D eigenvalue weighted by Gasteiger charge is 2.34. The van der Waals surface area contributed by atoms with Crippen LogP contribution in [0.15, 0.2) is 6.20 Å². The van der Waals surface area contributed by atoms with E-state index in [1.54, 1.807) is 0 Å². The van der Waals surface area contributed by atoms with E-state index in [-0.39, 0.29) is 28.5 Å². The monoisotopic (exact) mass is 252 g/mol. The van der Waals surface area contributed by atoms with Gasteiger partial charge in [0.15, 0.2) is 0 Å². The Labute approximate surface area is 103 Å². The number of anilines is 1. The third kappa shape index (κ3) is 2.05. The average molecular weight is 252 g/mol. The van der Waals surface area contributed by atoms with Crippen molar-refractivity contribution in [2.24, 2.45) is 11.7 Å². The van der Waals surface area contributed by atoms with Crippen LogP contribution in [0.2, 0.25) is 0 Å². The molecule has 0 saturated carbocycles. The summed E-state index contributed by atoms with van der Waals surface area (Å²) in [6.07, 6.45) is 2.08. The normalized spacial score (nSPS) is 17.6. The number of rotatable bonds is 2. The first-order valence-electron chi connectivity index (χ1n) is 5.19. The minimum absolute atomic E-state index is 0.0717. The highest BCUT2D eigenvalue weighted by atomic mass is 32.1. The molecule has 2 rings (SSSR count). The van der Waals surface area contributed by atoms with E-state index < -0.39 is 0 Å². The van der Waals surface area contributed by atoms with Gasteiger partial charge in [0.2, 0.25) is 11.8 Å². The molecule has 1 aliphatic rings. The van der Waals surface area contributed by atoms with Crippen LogP contribution < -0.4 is 10.6 Å². The Balaban J connectivity index is 2.39. The lowest BCUT2D eigenvalue weighted by Crippen LogP contribution is -2.43. The van der Waals surface area contributed by atoms with E-state index in [1.165, 1.54) is 6.20 Å². The van der Waals surface area contributed by atoms with Crippen LogP contribution in [0.25, 0.3) is 0 Å². The van der Waals surface area contributed by atoms with E-state index in [9.17, 15) is 9.59 Å². The van der Waals surface area contributed by atoms with E-state index in [0.29, 0.717) is 18.4 Å². The minimum atomic E-state index is -0.254. The van der Waals surface area contributed by atoms with Gasteiger partial charge in [0.1, 0.15) is 10.8 Å². The van der Waals surface area contributed by atoms with E-state index in [1.807, 2.05) is 6.92 Å². The van der Waals surface area contributed by atoms with E-state index in [2.05, 4.69) is 10.2 Å². The van der Waals surface area contributed by atoms with Crippen molar-refractivity contribution in [3.05, 3.63) is 11.8 Å². The second kappa shape index (κ2) is 4.25. The summed E-state index contributed by atoms with van der Waals surface area (Å²) in [5.74, 6) is -0.159. The van der Waals surface area contributed by atoms with Gasteiger partial charge < -0.3 is 5.73 Å². The summed E-state index contributed by atoms with van der Waals surface area (Å²) in [6, 6.07) is 0. The zero-order valence-corrected chi connectivity index (χ0v) is 10.1. The summed E-state index contributed by atoms with van der Waals surface area (Å²) in [5, 5.41) is 6.37. The molecule has 7 heteroatoms. The standard InChI is InChI=1S/C10H12N4O2S/c1-5-2-7(15)14(8(16)3-5)10-6(9(11)17)4-12-13-10/h4-5H,2-3H2,1H3,(H2,11,17)(H,12,13). The van der Waals surface area contributed by atoms with Gasteiger partial charge >= 0.3 is 0 Å². The summed E-state index contributed by atoms with van der Waals surface area (Å²) in [4.78, 5) is 24.9. The van der Waals surface area contributed by atoms with Crippen LogP contribution in [0.4, 0.5) is 5.82 Å². The molecule has 2 amide bonds. The lowest BCUT2D eigenvalue weighted by molar-refractivity contribution is -0.130. The number of thiocarbonyl (C=S) groups is 1. The topological polar surface area (TPSA) is 92.1 Å². The van der Waals surface area contributed by atoms with Crippen molar-refractivity contribution in [1.29, 1.82) is 0 Å². The maximum absolute atomic E-state index is 11.9. The second-order valence-electron chi connectivity index (χ2n) is 4.13. The van der Waals surface area contributed by atoms with Crippen molar-refractivity contribution >= 4 is 34.8 Å². The minimum Gasteiger partial charge on any atom is -0.389 e. The molecule has 0 radical (unpaired) electrons. The first kappa shape index (κ1) is 11.7. The molecule has 0 unspecified atom stereocenters. The molecule has 1 saturated heterocycles. The Morgan fingerprint density at radius 3 is 2.65 bits per heavy atom. The molecule has 1 aromatic heterocycles. The number of hydrogen-bond donors (Lipinski definition) is 2. The van der Waals surface area contributed by atoms with Gasteiger partial charge in [0.05, 0.1) is 11.8 Å². The molecular weight excluding hydrogens is 240 g/mol. The molecule has 1 fully saturated rings. The first-order chi connectivity index (χ1) is 8.00. The average Bonchev–Trinajstić information content (AvgIpc) is 2.64. The fourth-order valence-electron chi connectivity index (χ4n) is 1.87. The molecule has 0 atom stereocenters. The number of piperidine rings is 1. The van der Waals surface area contributed by atoms with E-state index in [0.717, 1.165) is 4.90 Å². The van der Waals surface area contributed by atoms with Gasteiger partial charge in [-0.05, 0) is 5.92 Å². The van der Waals surface area contributed by atoms with Gasteiger partial charge in [0.25, 0.3) is 0 Å². The van der Waals surface area contributed by atoms with Crippen molar-refractivity contribution in [2.75, 3.05) is 4.90 Å². The van der Waals surface area contributed by atoms with Crippen molar-refractivity contribution in [2.45, 2.75) is 19.8 Å². The Morgan fingerprint density at radius 2 is 2.12 bits per heavy atom. The lowest BCUT2D eigenvalue weighted by Gasteiger charge is -2.27. The number of aromatic nitrogens is 2. The van der Waals surface area contributed by atoms with Crippen LogP contribution in [-0.2, 0) is 9.59 Å². The predicted octanol–water partition coefficient (Wildman–Crippen LogP) is 0.333. The Bertz CT molecular complexity index is 478. The summed E-state index contributed by atoms with van der Waals surface area (Å²) in [7, 11) is 0. The number of nitrogens with zero attached hydrogens (tertiary/aromatic N) is 2. The zero-order chi connectivity index (χ0) is 12.6. The number of aromatic amines is 1. The molecule has 6 nitrogen and oxygen atoms in total. The van der Waals surface area contributed by atoms with Gasteiger partial charge in [-0.1, -0.05) is 19.1 Å². The largest absolute Gasteiger partial charge is 0.389 e.